The van der Waals surface area contributed by atoms with E-state index < -0.39 is 6.10 Å². The third-order valence-corrected chi connectivity index (χ3v) is 5.08. The van der Waals surface area contributed by atoms with E-state index in [9.17, 15) is 5.11 Å². The summed E-state index contributed by atoms with van der Waals surface area (Å²) in [5.74, 6) is 0. The molecule has 3 rings (SSSR count). The summed E-state index contributed by atoms with van der Waals surface area (Å²) in [6.45, 7) is 10.4. The Hall–Kier alpha value is -2.21. The van der Waals surface area contributed by atoms with E-state index >= 15 is 0 Å². The van der Waals surface area contributed by atoms with Crippen molar-refractivity contribution < 1.29 is 14.7 Å². The summed E-state index contributed by atoms with van der Waals surface area (Å²) >= 11 is 0. The fourth-order valence-corrected chi connectivity index (χ4v) is 3.61. The highest BCUT2D eigenvalue weighted by Gasteiger charge is 2.26. The number of hydrogen-bond acceptors (Lipinski definition) is 5. The van der Waals surface area contributed by atoms with Crippen molar-refractivity contribution in [2.24, 2.45) is 5.16 Å². The molecule has 2 atom stereocenters. The minimum absolute atomic E-state index is 0.0287. The quantitative estimate of drug-likeness (QED) is 0.674. The van der Waals surface area contributed by atoms with Gasteiger partial charge in [-0.25, -0.2) is 0 Å². The predicted molar refractivity (Wildman–Crippen MR) is 121 cm³/mol. The molecular weight excluding hydrogens is 376 g/mol. The zero-order valence-electron chi connectivity index (χ0n) is 18.5. The molecule has 0 aliphatic carbocycles. The largest absolute Gasteiger partial charge is 0.390 e. The van der Waals surface area contributed by atoms with E-state index in [2.05, 4.69) is 41.2 Å². The highest BCUT2D eigenvalue weighted by atomic mass is 16.6. The summed E-state index contributed by atoms with van der Waals surface area (Å²) in [4.78, 5) is 8.00. The van der Waals surface area contributed by atoms with Crippen LogP contribution in [0.5, 0.6) is 0 Å². The molecule has 5 nitrogen and oxygen atoms in total. The average molecular weight is 411 g/mol. The van der Waals surface area contributed by atoms with E-state index in [0.29, 0.717) is 19.7 Å². The lowest BCUT2D eigenvalue weighted by Crippen LogP contribution is -2.40. The minimum Gasteiger partial charge on any atom is -0.390 e. The summed E-state index contributed by atoms with van der Waals surface area (Å²) in [5.41, 5.74) is 4.29. The van der Waals surface area contributed by atoms with Gasteiger partial charge in [-0.1, -0.05) is 59.8 Å². The van der Waals surface area contributed by atoms with E-state index in [0.717, 1.165) is 24.2 Å². The molecule has 1 N–H and O–H groups in total. The summed E-state index contributed by atoms with van der Waals surface area (Å²) in [6.07, 6.45) is 0.176. The smallest absolute Gasteiger partial charge is 0.145 e. The molecule has 0 unspecified atom stereocenters. The number of ether oxygens (including phenoxy) is 1. The summed E-state index contributed by atoms with van der Waals surface area (Å²) in [5, 5.41) is 14.9. The van der Waals surface area contributed by atoms with Gasteiger partial charge in [0.25, 0.3) is 0 Å². The molecule has 0 saturated carbocycles. The fraction of sp³-hybridized carbons (Fsp3) is 0.480. The molecule has 1 aliphatic heterocycles. The Balaban J connectivity index is 1.62. The van der Waals surface area contributed by atoms with E-state index in [1.165, 1.54) is 11.1 Å². The van der Waals surface area contributed by atoms with Crippen molar-refractivity contribution in [3.63, 3.8) is 0 Å². The number of nitrogens with zero attached hydrogens (tertiary/aromatic N) is 2. The Morgan fingerprint density at radius 1 is 1.13 bits per heavy atom. The maximum Gasteiger partial charge on any atom is 0.145 e. The predicted octanol–water partition coefficient (Wildman–Crippen LogP) is 4.17. The van der Waals surface area contributed by atoms with Gasteiger partial charge in [0, 0.05) is 31.6 Å². The van der Waals surface area contributed by atoms with Crippen molar-refractivity contribution in [3.05, 3.63) is 71.3 Å². The van der Waals surface area contributed by atoms with Crippen molar-refractivity contribution >= 4 is 5.71 Å². The fourth-order valence-electron chi connectivity index (χ4n) is 3.61. The molecule has 0 saturated heterocycles. The van der Waals surface area contributed by atoms with Crippen molar-refractivity contribution in [3.8, 4) is 0 Å². The molecule has 0 spiro atoms. The van der Waals surface area contributed by atoms with Crippen LogP contribution < -0.4 is 0 Å². The van der Waals surface area contributed by atoms with Crippen LogP contribution in [0.3, 0.4) is 0 Å². The number of benzene rings is 2. The van der Waals surface area contributed by atoms with Gasteiger partial charge in [0.2, 0.25) is 0 Å². The normalized spacial score (nSPS) is 17.7. The van der Waals surface area contributed by atoms with E-state index in [1.807, 2.05) is 51.1 Å². The number of aliphatic hydroxyl groups is 1. The second-order valence-electron chi connectivity index (χ2n) is 9.04. The van der Waals surface area contributed by atoms with Crippen LogP contribution in [0.15, 0.2) is 59.8 Å². The molecule has 0 radical (unpaired) electrons. The lowest BCUT2D eigenvalue weighted by molar-refractivity contribution is -0.0600. The van der Waals surface area contributed by atoms with Crippen molar-refractivity contribution in [1.82, 2.24) is 4.90 Å². The van der Waals surface area contributed by atoms with Gasteiger partial charge in [-0.15, -0.1) is 0 Å². The van der Waals surface area contributed by atoms with Gasteiger partial charge >= 0.3 is 0 Å². The average Bonchev–Trinajstić information content (AvgIpc) is 3.15. The van der Waals surface area contributed by atoms with Crippen LogP contribution >= 0.6 is 0 Å². The van der Waals surface area contributed by atoms with Crippen LogP contribution in [0, 0.1) is 6.92 Å². The van der Waals surface area contributed by atoms with E-state index in [1.54, 1.807) is 0 Å². The Bertz CT molecular complexity index is 830. The Labute approximate surface area is 180 Å². The maximum absolute atomic E-state index is 10.6. The van der Waals surface area contributed by atoms with Crippen LogP contribution in [0.2, 0.25) is 0 Å². The third kappa shape index (κ3) is 6.94. The molecular formula is C25H34N2O3. The molecule has 0 fully saturated rings. The van der Waals surface area contributed by atoms with E-state index in [4.69, 9.17) is 9.57 Å². The minimum atomic E-state index is -0.564. The molecule has 2 aromatic rings. The van der Waals surface area contributed by atoms with Crippen LogP contribution in [-0.4, -0.2) is 53.2 Å². The van der Waals surface area contributed by atoms with Gasteiger partial charge in [0.15, 0.2) is 0 Å². The molecule has 1 heterocycles. The Kier molecular flexibility index (Phi) is 7.64. The topological polar surface area (TPSA) is 54.3 Å². The Morgan fingerprint density at radius 2 is 1.83 bits per heavy atom. The van der Waals surface area contributed by atoms with Gasteiger partial charge < -0.3 is 14.7 Å². The first-order valence-electron chi connectivity index (χ1n) is 10.7. The second-order valence-corrected chi connectivity index (χ2v) is 9.04. The Morgan fingerprint density at radius 3 is 2.53 bits per heavy atom. The summed E-state index contributed by atoms with van der Waals surface area (Å²) in [6, 6.07) is 18.6. The van der Waals surface area contributed by atoms with Crippen LogP contribution in [-0.2, 0) is 16.1 Å². The number of hydrogen-bond donors (Lipinski definition) is 1. The number of aryl methyl sites for hydroxylation is 1. The number of oxime groups is 1. The van der Waals surface area contributed by atoms with Gasteiger partial charge in [0.05, 0.1) is 24.0 Å². The van der Waals surface area contributed by atoms with Crippen molar-refractivity contribution in [1.29, 1.82) is 0 Å². The lowest BCUT2D eigenvalue weighted by Gasteiger charge is -2.28. The lowest BCUT2D eigenvalue weighted by atomic mass is 10.00. The molecule has 30 heavy (non-hydrogen) atoms. The molecule has 162 valence electrons. The highest BCUT2D eigenvalue weighted by Crippen LogP contribution is 2.21. The zero-order chi connectivity index (χ0) is 21.6. The molecule has 0 amide bonds. The monoisotopic (exact) mass is 410 g/mol. The molecule has 1 aliphatic rings. The standard InChI is InChI=1S/C25H34N2O3/c1-19-10-8-9-13-23(19)24-14-22(30-26-24)17-27(15-20-11-6-5-7-12-20)16-21(28)18-29-25(2,3)4/h5-13,21-22,28H,14-18H2,1-4H3/t21-,22-/m1/s1. The van der Waals surface area contributed by atoms with Crippen LogP contribution in [0.1, 0.15) is 43.9 Å². The van der Waals surface area contributed by atoms with Gasteiger partial charge in [0.1, 0.15) is 6.10 Å². The summed E-state index contributed by atoms with van der Waals surface area (Å²) < 4.78 is 5.77. The number of aliphatic hydroxyl groups excluding tert-OH is 1. The molecule has 0 bridgehead atoms. The third-order valence-electron chi connectivity index (χ3n) is 5.08. The van der Waals surface area contributed by atoms with Crippen LogP contribution in [0.4, 0.5) is 0 Å². The SMILES string of the molecule is Cc1ccccc1C1=NO[C@@H](CN(Cc2ccccc2)C[C@@H](O)COC(C)(C)C)C1. The van der Waals surface area contributed by atoms with Crippen LogP contribution in [0.25, 0.3) is 0 Å². The van der Waals surface area contributed by atoms with Crippen molar-refractivity contribution in [2.75, 3.05) is 19.7 Å². The first-order chi connectivity index (χ1) is 14.3. The van der Waals surface area contributed by atoms with Crippen molar-refractivity contribution in [2.45, 2.75) is 58.5 Å². The van der Waals surface area contributed by atoms with Gasteiger partial charge in [-0.3, -0.25) is 4.90 Å². The second kappa shape index (κ2) is 10.2. The van der Waals surface area contributed by atoms with E-state index in [-0.39, 0.29) is 11.7 Å². The molecule has 5 heteroatoms. The highest BCUT2D eigenvalue weighted by molar-refractivity contribution is 6.02. The maximum atomic E-state index is 10.6. The first-order valence-corrected chi connectivity index (χ1v) is 10.7. The van der Waals surface area contributed by atoms with Gasteiger partial charge in [-0.05, 0) is 38.8 Å². The van der Waals surface area contributed by atoms with Gasteiger partial charge in [-0.2, -0.15) is 0 Å². The first kappa shape index (κ1) is 22.5. The molecule has 2 aromatic carbocycles. The molecule has 0 aromatic heterocycles. The number of rotatable bonds is 9. The summed E-state index contributed by atoms with van der Waals surface area (Å²) in [7, 11) is 0. The zero-order valence-corrected chi connectivity index (χ0v) is 18.5.